The van der Waals surface area contributed by atoms with Gasteiger partial charge in [-0.25, -0.2) is 4.79 Å². The maximum absolute atomic E-state index is 12.2. The van der Waals surface area contributed by atoms with E-state index in [1.807, 2.05) is 25.7 Å². The average molecular weight is 380 g/mol. The van der Waals surface area contributed by atoms with Crippen LogP contribution in [0.2, 0.25) is 0 Å². The van der Waals surface area contributed by atoms with Gasteiger partial charge in [0.1, 0.15) is 5.60 Å². The molecule has 6 nitrogen and oxygen atoms in total. The van der Waals surface area contributed by atoms with Crippen LogP contribution in [0.3, 0.4) is 0 Å². The summed E-state index contributed by atoms with van der Waals surface area (Å²) in [6, 6.07) is 0.738. The largest absolute Gasteiger partial charge is 0.444 e. The van der Waals surface area contributed by atoms with E-state index in [0.29, 0.717) is 17.6 Å². The Kier molecular flexibility index (Phi) is 5.43. The molecule has 1 aliphatic carbocycles. The van der Waals surface area contributed by atoms with Gasteiger partial charge in [0.05, 0.1) is 12.2 Å². The first-order chi connectivity index (χ1) is 12.8. The predicted molar refractivity (Wildman–Crippen MR) is 105 cm³/mol. The summed E-state index contributed by atoms with van der Waals surface area (Å²) in [6.45, 7) is 12.3. The molecule has 4 rings (SSSR count). The summed E-state index contributed by atoms with van der Waals surface area (Å²) in [4.78, 5) is 16.7. The molecule has 0 radical (unpaired) electrons. The lowest BCUT2D eigenvalue weighted by Gasteiger charge is -2.52. The number of amides is 1. The molecule has 4 fully saturated rings. The molecule has 154 valence electrons. The van der Waals surface area contributed by atoms with Crippen LogP contribution in [0.15, 0.2) is 0 Å². The third kappa shape index (κ3) is 4.60. The third-order valence-electron chi connectivity index (χ3n) is 6.92. The van der Waals surface area contributed by atoms with Gasteiger partial charge in [-0.3, -0.25) is 0 Å². The van der Waals surface area contributed by atoms with Crippen molar-refractivity contribution in [3.05, 3.63) is 0 Å². The summed E-state index contributed by atoms with van der Waals surface area (Å²) in [5.41, 5.74) is 0.215. The van der Waals surface area contributed by atoms with Crippen LogP contribution in [0.5, 0.6) is 0 Å². The lowest BCUT2D eigenvalue weighted by Crippen LogP contribution is -2.61. The molecule has 1 amide bonds. The van der Waals surface area contributed by atoms with Crippen molar-refractivity contribution in [3.8, 4) is 0 Å². The van der Waals surface area contributed by atoms with Gasteiger partial charge in [0, 0.05) is 32.2 Å². The maximum atomic E-state index is 12.2. The Balaban J connectivity index is 1.12. The Labute approximate surface area is 163 Å². The van der Waals surface area contributed by atoms with Crippen molar-refractivity contribution in [1.29, 1.82) is 0 Å². The Morgan fingerprint density at radius 2 is 1.63 bits per heavy atom. The summed E-state index contributed by atoms with van der Waals surface area (Å²) < 4.78 is 11.8. The zero-order valence-corrected chi connectivity index (χ0v) is 17.3. The number of ether oxygens (including phenoxy) is 2. The highest BCUT2D eigenvalue weighted by atomic mass is 16.6. The van der Waals surface area contributed by atoms with Crippen molar-refractivity contribution in [3.63, 3.8) is 0 Å². The molecule has 1 spiro atoms. The average Bonchev–Trinajstić information content (AvgIpc) is 2.55. The summed E-state index contributed by atoms with van der Waals surface area (Å²) in [5.74, 6) is 0. The van der Waals surface area contributed by atoms with Gasteiger partial charge in [0.15, 0.2) is 0 Å². The number of likely N-dealkylation sites (tertiary alicyclic amines) is 2. The monoisotopic (exact) mass is 379 g/mol. The van der Waals surface area contributed by atoms with Gasteiger partial charge < -0.3 is 24.6 Å². The van der Waals surface area contributed by atoms with Crippen molar-refractivity contribution < 1.29 is 14.3 Å². The number of piperidine rings is 2. The second-order valence-electron chi connectivity index (χ2n) is 10.2. The molecule has 3 aliphatic heterocycles. The lowest BCUT2D eigenvalue weighted by molar-refractivity contribution is -0.110. The zero-order chi connectivity index (χ0) is 19.1. The minimum absolute atomic E-state index is 0.186. The Bertz CT molecular complexity index is 519. The highest BCUT2D eigenvalue weighted by molar-refractivity contribution is 5.68. The molecular weight excluding hydrogens is 342 g/mol. The van der Waals surface area contributed by atoms with E-state index in [1.54, 1.807) is 0 Å². The quantitative estimate of drug-likeness (QED) is 0.817. The summed E-state index contributed by atoms with van der Waals surface area (Å²) in [5, 5.41) is 3.45. The van der Waals surface area contributed by atoms with Gasteiger partial charge in [-0.1, -0.05) is 0 Å². The second kappa shape index (κ2) is 7.53. The van der Waals surface area contributed by atoms with E-state index in [9.17, 15) is 4.79 Å². The zero-order valence-electron chi connectivity index (χ0n) is 17.3. The van der Waals surface area contributed by atoms with Crippen LogP contribution in [0, 0.1) is 5.41 Å². The van der Waals surface area contributed by atoms with E-state index in [1.165, 1.54) is 51.9 Å². The van der Waals surface area contributed by atoms with Crippen molar-refractivity contribution in [2.75, 3.05) is 39.3 Å². The van der Waals surface area contributed by atoms with Gasteiger partial charge >= 0.3 is 6.09 Å². The first-order valence-corrected chi connectivity index (χ1v) is 10.9. The molecule has 0 aromatic rings. The van der Waals surface area contributed by atoms with Gasteiger partial charge in [-0.2, -0.15) is 0 Å². The summed E-state index contributed by atoms with van der Waals surface area (Å²) >= 11 is 0. The maximum Gasteiger partial charge on any atom is 0.410 e. The lowest BCUT2D eigenvalue weighted by atomic mass is 9.72. The minimum Gasteiger partial charge on any atom is -0.444 e. The molecule has 0 bridgehead atoms. The number of nitrogens with zero attached hydrogens (tertiary/aromatic N) is 2. The van der Waals surface area contributed by atoms with Gasteiger partial charge in [-0.15, -0.1) is 0 Å². The molecule has 1 saturated carbocycles. The number of nitrogens with one attached hydrogen (secondary N) is 1. The predicted octanol–water partition coefficient (Wildman–Crippen LogP) is 2.62. The first kappa shape index (κ1) is 19.5. The van der Waals surface area contributed by atoms with Gasteiger partial charge in [0.2, 0.25) is 0 Å². The molecule has 4 aliphatic rings. The fraction of sp³-hybridized carbons (Fsp3) is 0.952. The van der Waals surface area contributed by atoms with Crippen LogP contribution in [0.25, 0.3) is 0 Å². The van der Waals surface area contributed by atoms with Gasteiger partial charge in [-0.05, 0) is 77.8 Å². The molecule has 0 aromatic heterocycles. The van der Waals surface area contributed by atoms with E-state index in [4.69, 9.17) is 9.47 Å². The van der Waals surface area contributed by atoms with Crippen LogP contribution < -0.4 is 5.32 Å². The van der Waals surface area contributed by atoms with E-state index < -0.39 is 5.60 Å². The number of hydrogen-bond acceptors (Lipinski definition) is 5. The molecule has 3 saturated heterocycles. The van der Waals surface area contributed by atoms with E-state index in [0.717, 1.165) is 32.0 Å². The van der Waals surface area contributed by atoms with Crippen LogP contribution in [0.4, 0.5) is 4.79 Å². The van der Waals surface area contributed by atoms with E-state index in [-0.39, 0.29) is 6.09 Å². The fourth-order valence-corrected chi connectivity index (χ4v) is 4.92. The minimum atomic E-state index is -0.422. The third-order valence-corrected chi connectivity index (χ3v) is 6.92. The number of carbonyl (C=O) groups excluding carboxylic acids is 1. The topological polar surface area (TPSA) is 54.0 Å². The number of rotatable bonds is 3. The molecule has 0 aromatic carbocycles. The Hall–Kier alpha value is -0.850. The second-order valence-corrected chi connectivity index (χ2v) is 10.2. The van der Waals surface area contributed by atoms with E-state index in [2.05, 4.69) is 10.2 Å². The Morgan fingerprint density at radius 3 is 2.15 bits per heavy atom. The highest BCUT2D eigenvalue weighted by Gasteiger charge is 2.43. The van der Waals surface area contributed by atoms with Crippen molar-refractivity contribution in [2.24, 2.45) is 5.41 Å². The first-order valence-electron chi connectivity index (χ1n) is 10.9. The van der Waals surface area contributed by atoms with Crippen LogP contribution in [-0.2, 0) is 9.47 Å². The van der Waals surface area contributed by atoms with E-state index >= 15 is 0 Å². The van der Waals surface area contributed by atoms with Gasteiger partial charge in [0.25, 0.3) is 0 Å². The summed E-state index contributed by atoms with van der Waals surface area (Å²) in [7, 11) is 0. The molecule has 0 unspecified atom stereocenters. The van der Waals surface area contributed by atoms with Crippen LogP contribution in [0.1, 0.15) is 59.3 Å². The molecule has 6 heteroatoms. The highest BCUT2D eigenvalue weighted by Crippen LogP contribution is 2.39. The van der Waals surface area contributed by atoms with Crippen molar-refractivity contribution >= 4 is 6.09 Å². The van der Waals surface area contributed by atoms with Crippen molar-refractivity contribution in [2.45, 2.75) is 83.1 Å². The van der Waals surface area contributed by atoms with Crippen LogP contribution in [-0.4, -0.2) is 79.0 Å². The van der Waals surface area contributed by atoms with Crippen LogP contribution >= 0.6 is 0 Å². The number of hydrogen-bond donors (Lipinski definition) is 1. The molecule has 1 N–H and O–H groups in total. The standard InChI is InChI=1S/C21H37N3O3/c1-20(2,3)27-19(25)24-8-4-17(5-9-24)26-18-12-16(13-18)23-10-6-21(7-11-23)14-22-15-21/h16-18,22H,4-15H2,1-3H3/t16-,18-. The number of carbonyl (C=O) groups is 1. The smallest absolute Gasteiger partial charge is 0.410 e. The molecule has 0 atom stereocenters. The summed E-state index contributed by atoms with van der Waals surface area (Å²) in [6.07, 6.45) is 7.52. The van der Waals surface area contributed by atoms with Crippen molar-refractivity contribution in [1.82, 2.24) is 15.1 Å². The molecular formula is C21H37N3O3. The fourth-order valence-electron chi connectivity index (χ4n) is 4.92. The Morgan fingerprint density at radius 1 is 1.00 bits per heavy atom. The molecule has 27 heavy (non-hydrogen) atoms. The molecule has 3 heterocycles. The normalized spacial score (nSPS) is 32.0. The SMILES string of the molecule is CC(C)(C)OC(=O)N1CCC(O[C@H]2C[C@H](N3CCC4(CC3)CNC4)C2)CC1.